The molecule has 1 N–H and O–H groups in total. The zero-order valence-electron chi connectivity index (χ0n) is 11.1. The Hall–Kier alpha value is -1.02. The van der Waals surface area contributed by atoms with Crippen molar-refractivity contribution in [1.82, 2.24) is 0 Å². The van der Waals surface area contributed by atoms with E-state index in [2.05, 4.69) is 19.1 Å². The van der Waals surface area contributed by atoms with Gasteiger partial charge in [0.25, 0.3) is 0 Å². The van der Waals surface area contributed by atoms with Crippen molar-refractivity contribution >= 4 is 0 Å². The van der Waals surface area contributed by atoms with Crippen LogP contribution in [0.1, 0.15) is 50.2 Å². The molecule has 0 saturated heterocycles. The molecule has 0 bridgehead atoms. The summed E-state index contributed by atoms with van der Waals surface area (Å²) in [5.74, 6) is 1.81. The van der Waals surface area contributed by atoms with Gasteiger partial charge in [0.2, 0.25) is 0 Å². The summed E-state index contributed by atoms with van der Waals surface area (Å²) in [6.45, 7) is 3.04. The van der Waals surface area contributed by atoms with Crippen LogP contribution in [0.3, 0.4) is 0 Å². The standard InChI is InChI=1S/C16H22O2/c1-2-12-5-8-16(17,9-6-12)14-3-4-15-13(11-14)7-10-18-15/h3-4,11-12,17H,2,5-10H2,1H3. The smallest absolute Gasteiger partial charge is 0.122 e. The van der Waals surface area contributed by atoms with Crippen LogP contribution in [0.5, 0.6) is 5.75 Å². The van der Waals surface area contributed by atoms with E-state index in [1.807, 2.05) is 6.07 Å². The molecule has 1 aliphatic heterocycles. The van der Waals surface area contributed by atoms with Crippen molar-refractivity contribution in [2.75, 3.05) is 6.61 Å². The van der Waals surface area contributed by atoms with Gasteiger partial charge in [-0.1, -0.05) is 19.4 Å². The van der Waals surface area contributed by atoms with E-state index in [4.69, 9.17) is 4.74 Å². The predicted molar refractivity (Wildman–Crippen MR) is 71.8 cm³/mol. The molecule has 1 heterocycles. The van der Waals surface area contributed by atoms with Crippen molar-refractivity contribution in [3.05, 3.63) is 29.3 Å². The fraction of sp³-hybridized carbons (Fsp3) is 0.625. The quantitative estimate of drug-likeness (QED) is 0.866. The molecule has 98 valence electrons. The van der Waals surface area contributed by atoms with Crippen LogP contribution in [-0.2, 0) is 12.0 Å². The number of hydrogen-bond donors (Lipinski definition) is 1. The van der Waals surface area contributed by atoms with Crippen molar-refractivity contribution in [2.45, 2.75) is 51.0 Å². The van der Waals surface area contributed by atoms with Gasteiger partial charge >= 0.3 is 0 Å². The fourth-order valence-corrected chi connectivity index (χ4v) is 3.33. The molecule has 0 spiro atoms. The number of aliphatic hydroxyl groups is 1. The third-order valence-corrected chi connectivity index (χ3v) is 4.74. The Morgan fingerprint density at radius 3 is 2.83 bits per heavy atom. The summed E-state index contributed by atoms with van der Waals surface area (Å²) in [5, 5.41) is 10.8. The average molecular weight is 246 g/mol. The molecule has 2 aliphatic rings. The predicted octanol–water partition coefficient (Wildman–Crippen LogP) is 3.41. The van der Waals surface area contributed by atoms with E-state index in [0.29, 0.717) is 0 Å². The Morgan fingerprint density at radius 2 is 2.11 bits per heavy atom. The lowest BCUT2D eigenvalue weighted by Crippen LogP contribution is -2.31. The molecule has 0 aromatic heterocycles. The largest absolute Gasteiger partial charge is 0.493 e. The summed E-state index contributed by atoms with van der Waals surface area (Å²) in [6, 6.07) is 6.24. The van der Waals surface area contributed by atoms with E-state index >= 15 is 0 Å². The third-order valence-electron chi connectivity index (χ3n) is 4.74. The van der Waals surface area contributed by atoms with Crippen molar-refractivity contribution in [2.24, 2.45) is 5.92 Å². The molecule has 18 heavy (non-hydrogen) atoms. The first-order chi connectivity index (χ1) is 8.71. The Bertz CT molecular complexity index is 431. The molecule has 2 heteroatoms. The molecule has 0 unspecified atom stereocenters. The summed E-state index contributed by atoms with van der Waals surface area (Å²) in [4.78, 5) is 0. The van der Waals surface area contributed by atoms with Gasteiger partial charge in [0.1, 0.15) is 5.75 Å². The molecule has 0 radical (unpaired) electrons. The Morgan fingerprint density at radius 1 is 1.33 bits per heavy atom. The summed E-state index contributed by atoms with van der Waals surface area (Å²) in [7, 11) is 0. The highest BCUT2D eigenvalue weighted by molar-refractivity contribution is 5.41. The van der Waals surface area contributed by atoms with Crippen LogP contribution >= 0.6 is 0 Å². The van der Waals surface area contributed by atoms with Crippen molar-refractivity contribution < 1.29 is 9.84 Å². The van der Waals surface area contributed by atoms with Gasteiger partial charge in [-0.05, 0) is 54.9 Å². The molecule has 1 aromatic carbocycles. The van der Waals surface area contributed by atoms with Gasteiger partial charge in [0.05, 0.1) is 12.2 Å². The van der Waals surface area contributed by atoms with Crippen LogP contribution in [0.25, 0.3) is 0 Å². The van der Waals surface area contributed by atoms with E-state index in [-0.39, 0.29) is 0 Å². The maximum absolute atomic E-state index is 10.8. The van der Waals surface area contributed by atoms with Gasteiger partial charge in [-0.25, -0.2) is 0 Å². The highest BCUT2D eigenvalue weighted by Crippen LogP contribution is 2.41. The highest BCUT2D eigenvalue weighted by atomic mass is 16.5. The van der Waals surface area contributed by atoms with E-state index < -0.39 is 5.60 Å². The minimum absolute atomic E-state index is 0.594. The molecule has 0 atom stereocenters. The molecule has 1 aromatic rings. The minimum atomic E-state index is -0.594. The number of fused-ring (bicyclic) bond motifs is 1. The second-order valence-electron chi connectivity index (χ2n) is 5.80. The third kappa shape index (κ3) is 2.03. The van der Waals surface area contributed by atoms with Gasteiger partial charge in [-0.2, -0.15) is 0 Å². The zero-order valence-corrected chi connectivity index (χ0v) is 11.1. The summed E-state index contributed by atoms with van der Waals surface area (Å²) in [5.41, 5.74) is 1.77. The minimum Gasteiger partial charge on any atom is -0.493 e. The van der Waals surface area contributed by atoms with Crippen molar-refractivity contribution in [3.8, 4) is 5.75 Å². The molecule has 1 saturated carbocycles. The monoisotopic (exact) mass is 246 g/mol. The summed E-state index contributed by atoms with van der Waals surface area (Å²) in [6.07, 6.45) is 6.35. The summed E-state index contributed by atoms with van der Waals surface area (Å²) < 4.78 is 5.53. The van der Waals surface area contributed by atoms with E-state index in [0.717, 1.165) is 55.9 Å². The van der Waals surface area contributed by atoms with Crippen LogP contribution < -0.4 is 4.74 Å². The molecular formula is C16H22O2. The molecule has 2 nitrogen and oxygen atoms in total. The normalized spacial score (nSPS) is 30.9. The van der Waals surface area contributed by atoms with Gasteiger partial charge in [0.15, 0.2) is 0 Å². The lowest BCUT2D eigenvalue weighted by atomic mass is 9.74. The van der Waals surface area contributed by atoms with Gasteiger partial charge in [-0.3, -0.25) is 0 Å². The second kappa shape index (κ2) is 4.58. The van der Waals surface area contributed by atoms with Crippen molar-refractivity contribution in [1.29, 1.82) is 0 Å². The van der Waals surface area contributed by atoms with E-state index in [1.54, 1.807) is 0 Å². The first kappa shape index (κ1) is 12.0. The highest BCUT2D eigenvalue weighted by Gasteiger charge is 2.34. The molecule has 1 aliphatic carbocycles. The number of rotatable bonds is 2. The number of ether oxygens (including phenoxy) is 1. The van der Waals surface area contributed by atoms with Crippen LogP contribution in [-0.4, -0.2) is 11.7 Å². The molecule has 0 amide bonds. The lowest BCUT2D eigenvalue weighted by molar-refractivity contribution is -0.0146. The maximum atomic E-state index is 10.8. The van der Waals surface area contributed by atoms with Gasteiger partial charge in [0, 0.05) is 6.42 Å². The SMILES string of the molecule is CCC1CCC(O)(c2ccc3c(c2)CCO3)CC1. The van der Waals surface area contributed by atoms with E-state index in [1.165, 1.54) is 12.0 Å². The first-order valence-corrected chi connectivity index (χ1v) is 7.20. The Labute approximate surface area is 109 Å². The molecular weight excluding hydrogens is 224 g/mol. The fourth-order valence-electron chi connectivity index (χ4n) is 3.33. The maximum Gasteiger partial charge on any atom is 0.122 e. The molecule has 3 rings (SSSR count). The van der Waals surface area contributed by atoms with Crippen LogP contribution in [0.2, 0.25) is 0 Å². The van der Waals surface area contributed by atoms with E-state index in [9.17, 15) is 5.11 Å². The molecule has 1 fully saturated rings. The zero-order chi connectivity index (χ0) is 12.6. The van der Waals surface area contributed by atoms with Crippen LogP contribution in [0, 0.1) is 5.92 Å². The summed E-state index contributed by atoms with van der Waals surface area (Å²) >= 11 is 0. The van der Waals surface area contributed by atoms with Crippen LogP contribution in [0.15, 0.2) is 18.2 Å². The number of hydrogen-bond acceptors (Lipinski definition) is 2. The number of benzene rings is 1. The Balaban J connectivity index is 1.82. The average Bonchev–Trinajstić information content (AvgIpc) is 2.87. The second-order valence-corrected chi connectivity index (χ2v) is 5.80. The topological polar surface area (TPSA) is 29.5 Å². The Kier molecular flexibility index (Phi) is 3.06. The van der Waals surface area contributed by atoms with Crippen LogP contribution in [0.4, 0.5) is 0 Å². The van der Waals surface area contributed by atoms with Gasteiger partial charge < -0.3 is 9.84 Å². The lowest BCUT2D eigenvalue weighted by Gasteiger charge is -2.36. The van der Waals surface area contributed by atoms with Crippen molar-refractivity contribution in [3.63, 3.8) is 0 Å². The first-order valence-electron chi connectivity index (χ1n) is 7.20. The van der Waals surface area contributed by atoms with Gasteiger partial charge in [-0.15, -0.1) is 0 Å².